The van der Waals surface area contributed by atoms with Gasteiger partial charge in [-0.25, -0.2) is 9.78 Å². The van der Waals surface area contributed by atoms with Gasteiger partial charge in [-0.1, -0.05) is 11.6 Å². The highest BCUT2D eigenvalue weighted by atomic mass is 35.5. The Bertz CT molecular complexity index is 586. The summed E-state index contributed by atoms with van der Waals surface area (Å²) < 4.78 is 11.1. The molecule has 3 atom stereocenters. The van der Waals surface area contributed by atoms with Gasteiger partial charge in [0.05, 0.1) is 24.9 Å². The summed E-state index contributed by atoms with van der Waals surface area (Å²) in [6.45, 7) is 7.29. The minimum absolute atomic E-state index is 0.202. The van der Waals surface area contributed by atoms with Crippen LogP contribution in [-0.4, -0.2) is 40.6 Å². The van der Waals surface area contributed by atoms with E-state index in [1.165, 1.54) is 0 Å². The first-order valence-electron chi connectivity index (χ1n) is 8.09. The van der Waals surface area contributed by atoms with Gasteiger partial charge in [-0.15, -0.1) is 0 Å². The van der Waals surface area contributed by atoms with Gasteiger partial charge in [-0.05, 0) is 57.7 Å². The number of amides is 1. The summed E-state index contributed by atoms with van der Waals surface area (Å²) in [5.74, 6) is 0. The van der Waals surface area contributed by atoms with Crippen LogP contribution in [0.1, 0.15) is 51.3 Å². The predicted octanol–water partition coefficient (Wildman–Crippen LogP) is 3.01. The van der Waals surface area contributed by atoms with Crippen molar-refractivity contribution in [1.82, 2.24) is 10.3 Å². The number of hydrogen-bond donors (Lipinski definition) is 2. The number of rotatable bonds is 4. The average Bonchev–Trinajstić information content (AvgIpc) is 2.43. The third kappa shape index (κ3) is 5.33. The Morgan fingerprint density at radius 1 is 1.54 bits per heavy atom. The van der Waals surface area contributed by atoms with Crippen molar-refractivity contribution in [3.63, 3.8) is 0 Å². The number of nitrogens with zero attached hydrogens (tertiary/aromatic N) is 1. The summed E-state index contributed by atoms with van der Waals surface area (Å²) in [4.78, 5) is 16.3. The largest absolute Gasteiger partial charge is 0.444 e. The Morgan fingerprint density at radius 2 is 2.25 bits per heavy atom. The number of aliphatic hydroxyl groups excluding tert-OH is 1. The third-order valence-corrected chi connectivity index (χ3v) is 3.83. The van der Waals surface area contributed by atoms with Gasteiger partial charge in [-0.2, -0.15) is 0 Å². The molecule has 0 spiro atoms. The zero-order valence-corrected chi connectivity index (χ0v) is 15.3. The summed E-state index contributed by atoms with van der Waals surface area (Å²) in [5, 5.41) is 12.8. The zero-order valence-electron chi connectivity index (χ0n) is 14.5. The normalized spacial score (nSPS) is 21.8. The number of aromatic nitrogens is 1. The molecule has 24 heavy (non-hydrogen) atoms. The molecule has 0 radical (unpaired) electrons. The molecule has 2 rings (SSSR count). The topological polar surface area (TPSA) is 80.7 Å². The van der Waals surface area contributed by atoms with Gasteiger partial charge in [0.2, 0.25) is 0 Å². The fraction of sp³-hybridized carbons (Fsp3) is 0.647. The van der Waals surface area contributed by atoms with Crippen LogP contribution in [0.25, 0.3) is 0 Å². The molecule has 0 unspecified atom stereocenters. The van der Waals surface area contributed by atoms with E-state index in [1.54, 1.807) is 13.1 Å². The lowest BCUT2D eigenvalue weighted by atomic mass is 9.87. The minimum Gasteiger partial charge on any atom is -0.444 e. The van der Waals surface area contributed by atoms with Crippen LogP contribution in [0.2, 0.25) is 5.15 Å². The van der Waals surface area contributed by atoms with Crippen LogP contribution in [0, 0.1) is 0 Å². The number of nitrogens with one attached hydrogen (secondary N) is 1. The molecule has 1 amide bonds. The molecule has 6 nitrogen and oxygen atoms in total. The summed E-state index contributed by atoms with van der Waals surface area (Å²) in [7, 11) is 0. The molecule has 1 aliphatic carbocycles. The monoisotopic (exact) mass is 356 g/mol. The average molecular weight is 357 g/mol. The molecule has 1 aromatic rings. The molecule has 0 aliphatic heterocycles. The van der Waals surface area contributed by atoms with Gasteiger partial charge < -0.3 is 19.9 Å². The van der Waals surface area contributed by atoms with Crippen molar-refractivity contribution < 1.29 is 19.4 Å². The number of ether oxygens (including phenoxy) is 2. The van der Waals surface area contributed by atoms with Gasteiger partial charge in [-0.3, -0.25) is 0 Å². The number of carbonyl (C=O) groups is 1. The molecule has 2 N–H and O–H groups in total. The van der Waals surface area contributed by atoms with Gasteiger partial charge in [0.1, 0.15) is 10.8 Å². The van der Waals surface area contributed by atoms with Gasteiger partial charge in [0.25, 0.3) is 0 Å². The van der Waals surface area contributed by atoms with Gasteiger partial charge >= 0.3 is 6.09 Å². The second-order valence-corrected chi connectivity index (χ2v) is 7.48. The van der Waals surface area contributed by atoms with Crippen LogP contribution in [0.5, 0.6) is 0 Å². The first-order valence-corrected chi connectivity index (χ1v) is 8.47. The summed E-state index contributed by atoms with van der Waals surface area (Å²) >= 11 is 5.97. The Balaban J connectivity index is 2.20. The van der Waals surface area contributed by atoms with Crippen molar-refractivity contribution in [2.75, 3.05) is 6.61 Å². The molecular weight excluding hydrogens is 332 g/mol. The lowest BCUT2D eigenvalue weighted by Gasteiger charge is -2.34. The molecule has 0 fully saturated rings. The van der Waals surface area contributed by atoms with E-state index in [4.69, 9.17) is 21.1 Å². The Kier molecular flexibility index (Phi) is 6.06. The zero-order chi connectivity index (χ0) is 17.9. The molecule has 7 heteroatoms. The first kappa shape index (κ1) is 19.0. The molecule has 1 aliphatic rings. The SMILES string of the molecule is C[C@H](O)CO[C@@H]1CCc2cc(Cl)ncc2[C@@H]1NC(=O)OC(C)(C)C. The molecule has 1 aromatic heterocycles. The molecule has 134 valence electrons. The highest BCUT2D eigenvalue weighted by Gasteiger charge is 2.33. The molecule has 0 bridgehead atoms. The van der Waals surface area contributed by atoms with E-state index in [9.17, 15) is 9.90 Å². The number of aryl methyl sites for hydroxylation is 1. The van der Waals surface area contributed by atoms with Crippen LogP contribution in [0.4, 0.5) is 4.79 Å². The van der Waals surface area contributed by atoms with Crippen molar-refractivity contribution in [2.24, 2.45) is 0 Å². The quantitative estimate of drug-likeness (QED) is 0.810. The van der Waals surface area contributed by atoms with Gasteiger partial charge in [0.15, 0.2) is 0 Å². The van der Waals surface area contributed by atoms with Crippen LogP contribution < -0.4 is 5.32 Å². The van der Waals surface area contributed by atoms with Crippen molar-refractivity contribution in [3.05, 3.63) is 28.5 Å². The third-order valence-electron chi connectivity index (χ3n) is 3.62. The van der Waals surface area contributed by atoms with Crippen LogP contribution in [-0.2, 0) is 15.9 Å². The number of carbonyl (C=O) groups excluding carboxylic acids is 1. The van der Waals surface area contributed by atoms with Crippen LogP contribution in [0.15, 0.2) is 12.3 Å². The molecule has 0 saturated carbocycles. The highest BCUT2D eigenvalue weighted by Crippen LogP contribution is 2.33. The number of aliphatic hydroxyl groups is 1. The number of alkyl carbamates (subject to hydrolysis) is 1. The number of halogens is 1. The van der Waals surface area contributed by atoms with Gasteiger partial charge in [0, 0.05) is 6.20 Å². The fourth-order valence-electron chi connectivity index (χ4n) is 2.69. The smallest absolute Gasteiger partial charge is 0.408 e. The maximum absolute atomic E-state index is 12.2. The second-order valence-electron chi connectivity index (χ2n) is 7.09. The Hall–Kier alpha value is -1.37. The minimum atomic E-state index is -0.588. The highest BCUT2D eigenvalue weighted by molar-refractivity contribution is 6.29. The molecular formula is C17H25ClN2O4. The lowest BCUT2D eigenvalue weighted by molar-refractivity contribution is -0.0292. The first-order chi connectivity index (χ1) is 11.2. The molecule has 0 saturated heterocycles. The second kappa shape index (κ2) is 7.68. The van der Waals surface area contributed by atoms with Crippen molar-refractivity contribution in [2.45, 2.75) is 64.4 Å². The van der Waals surface area contributed by atoms with Crippen LogP contribution >= 0.6 is 11.6 Å². The standard InChI is InChI=1S/C17H25ClN2O4/c1-10(21)9-23-13-6-5-11-7-14(18)19-8-12(11)15(13)20-16(22)24-17(2,3)4/h7-8,10,13,15,21H,5-6,9H2,1-4H3,(H,20,22)/t10-,13+,15-/m0/s1. The van der Waals surface area contributed by atoms with Crippen molar-refractivity contribution in [1.29, 1.82) is 0 Å². The van der Waals surface area contributed by atoms with E-state index in [0.717, 1.165) is 17.5 Å². The maximum atomic E-state index is 12.2. The van der Waals surface area contributed by atoms with E-state index in [-0.39, 0.29) is 12.7 Å². The number of fused-ring (bicyclic) bond motifs is 1. The summed E-state index contributed by atoms with van der Waals surface area (Å²) in [5.41, 5.74) is 1.32. The maximum Gasteiger partial charge on any atom is 0.408 e. The molecule has 1 heterocycles. The Morgan fingerprint density at radius 3 is 2.88 bits per heavy atom. The van der Waals surface area contributed by atoms with E-state index in [2.05, 4.69) is 10.3 Å². The van der Waals surface area contributed by atoms with E-state index in [1.807, 2.05) is 26.8 Å². The number of pyridine rings is 1. The van der Waals surface area contributed by atoms with E-state index in [0.29, 0.717) is 11.6 Å². The summed E-state index contributed by atoms with van der Waals surface area (Å²) in [6, 6.07) is 1.41. The lowest BCUT2D eigenvalue weighted by Crippen LogP contribution is -2.43. The van der Waals surface area contributed by atoms with E-state index < -0.39 is 23.8 Å². The fourth-order valence-corrected chi connectivity index (χ4v) is 2.87. The number of hydrogen-bond acceptors (Lipinski definition) is 5. The van der Waals surface area contributed by atoms with Crippen molar-refractivity contribution >= 4 is 17.7 Å². The summed E-state index contributed by atoms with van der Waals surface area (Å²) in [6.07, 6.45) is 1.80. The van der Waals surface area contributed by atoms with E-state index >= 15 is 0 Å². The molecule has 0 aromatic carbocycles. The Labute approximate surface area is 147 Å². The van der Waals surface area contributed by atoms with Crippen LogP contribution in [0.3, 0.4) is 0 Å². The van der Waals surface area contributed by atoms with Crippen molar-refractivity contribution in [3.8, 4) is 0 Å². The predicted molar refractivity (Wildman–Crippen MR) is 91.1 cm³/mol.